The second kappa shape index (κ2) is 8.32. The van der Waals surface area contributed by atoms with Gasteiger partial charge < -0.3 is 14.8 Å². The molecule has 1 heterocycles. The van der Waals surface area contributed by atoms with Gasteiger partial charge >= 0.3 is 0 Å². The van der Waals surface area contributed by atoms with E-state index in [0.29, 0.717) is 36.1 Å². The molecule has 1 aliphatic rings. The van der Waals surface area contributed by atoms with Crippen LogP contribution in [0.4, 0.5) is 11.4 Å². The number of carbonyl (C=O) groups is 1. The highest BCUT2D eigenvalue weighted by molar-refractivity contribution is 7.98. The summed E-state index contributed by atoms with van der Waals surface area (Å²) in [6.07, 6.45) is 2.98. The molecule has 0 aliphatic carbocycles. The van der Waals surface area contributed by atoms with Gasteiger partial charge in [-0.1, -0.05) is 12.1 Å². The summed E-state index contributed by atoms with van der Waals surface area (Å²) in [4.78, 5) is 13.7. The van der Waals surface area contributed by atoms with Gasteiger partial charge in [0.1, 0.15) is 19.3 Å². The van der Waals surface area contributed by atoms with Crippen LogP contribution in [0.1, 0.15) is 6.92 Å². The highest BCUT2D eigenvalue weighted by Gasteiger charge is 2.30. The number of rotatable bonds is 6. The lowest BCUT2D eigenvalue weighted by molar-refractivity contribution is -0.116. The van der Waals surface area contributed by atoms with Gasteiger partial charge in [-0.3, -0.25) is 9.10 Å². The molecule has 1 atom stereocenters. The molecule has 3 rings (SSSR count). The minimum Gasteiger partial charge on any atom is -0.486 e. The lowest BCUT2D eigenvalue weighted by Crippen LogP contribution is -2.45. The molecule has 0 bridgehead atoms. The third kappa shape index (κ3) is 4.36. The number of ether oxygens (including phenoxy) is 2. The molecule has 2 aromatic carbocycles. The van der Waals surface area contributed by atoms with Crippen LogP contribution in [0.5, 0.6) is 11.5 Å². The second-order valence-electron chi connectivity index (χ2n) is 6.25. The number of anilines is 2. The largest absolute Gasteiger partial charge is 0.486 e. The van der Waals surface area contributed by atoms with Crippen LogP contribution in [0.15, 0.2) is 47.4 Å². The van der Waals surface area contributed by atoms with Crippen molar-refractivity contribution in [3.8, 4) is 11.5 Å². The number of benzene rings is 2. The molecule has 0 saturated carbocycles. The summed E-state index contributed by atoms with van der Waals surface area (Å²) in [5.74, 6) is 0.578. The standard InChI is InChI=1S/C19H22N2O5S2/c1-13(19(22)20-15-6-4-5-7-18(15)27-2)21(28(3,23)24)14-8-9-16-17(12-14)26-11-10-25-16/h4-9,12-13H,10-11H2,1-3H3,(H,20,22)/t13-/m0/s1. The summed E-state index contributed by atoms with van der Waals surface area (Å²) < 4.78 is 37.1. The molecular weight excluding hydrogens is 400 g/mol. The van der Waals surface area contributed by atoms with Crippen LogP contribution in [0.2, 0.25) is 0 Å². The Morgan fingerprint density at radius 3 is 2.50 bits per heavy atom. The van der Waals surface area contributed by atoms with Crippen LogP contribution in [0.25, 0.3) is 0 Å². The first kappa shape index (κ1) is 20.3. The molecule has 28 heavy (non-hydrogen) atoms. The molecule has 0 fully saturated rings. The van der Waals surface area contributed by atoms with Gasteiger partial charge in [0.05, 0.1) is 17.6 Å². The summed E-state index contributed by atoms with van der Waals surface area (Å²) in [7, 11) is -3.73. The van der Waals surface area contributed by atoms with Gasteiger partial charge in [0.2, 0.25) is 15.9 Å². The molecule has 2 aromatic rings. The van der Waals surface area contributed by atoms with E-state index < -0.39 is 22.0 Å². The Morgan fingerprint density at radius 2 is 1.82 bits per heavy atom. The van der Waals surface area contributed by atoms with E-state index in [1.165, 1.54) is 11.8 Å². The first-order valence-electron chi connectivity index (χ1n) is 8.64. The third-order valence-corrected chi connectivity index (χ3v) is 6.27. The topological polar surface area (TPSA) is 84.9 Å². The molecule has 0 saturated heterocycles. The summed E-state index contributed by atoms with van der Waals surface area (Å²) >= 11 is 1.50. The van der Waals surface area contributed by atoms with Crippen molar-refractivity contribution in [2.24, 2.45) is 0 Å². The fraction of sp³-hybridized carbons (Fsp3) is 0.316. The normalized spacial score (nSPS) is 14.2. The third-order valence-electron chi connectivity index (χ3n) is 4.23. The predicted octanol–water partition coefficient (Wildman–Crippen LogP) is 2.97. The molecule has 150 valence electrons. The van der Waals surface area contributed by atoms with Crippen LogP contribution in [0.3, 0.4) is 0 Å². The van der Waals surface area contributed by atoms with E-state index in [1.807, 2.05) is 24.5 Å². The number of hydrogen-bond donors (Lipinski definition) is 1. The Labute approximate surface area is 169 Å². The summed E-state index contributed by atoms with van der Waals surface area (Å²) in [6, 6.07) is 11.2. The number of hydrogen-bond acceptors (Lipinski definition) is 6. The van der Waals surface area contributed by atoms with Crippen molar-refractivity contribution >= 4 is 39.1 Å². The lowest BCUT2D eigenvalue weighted by Gasteiger charge is -2.29. The SMILES string of the molecule is CSc1ccccc1NC(=O)[C@H](C)N(c1ccc2c(c1)OCCO2)S(C)(=O)=O. The number of carbonyl (C=O) groups excluding carboxylic acids is 1. The molecule has 0 unspecified atom stereocenters. The molecule has 0 aromatic heterocycles. The van der Waals surface area contributed by atoms with Crippen LogP contribution in [0, 0.1) is 0 Å². The number of amides is 1. The smallest absolute Gasteiger partial charge is 0.248 e. The van der Waals surface area contributed by atoms with Gasteiger partial charge in [0.25, 0.3) is 0 Å². The van der Waals surface area contributed by atoms with Gasteiger partial charge in [-0.15, -0.1) is 11.8 Å². The quantitative estimate of drug-likeness (QED) is 0.721. The zero-order chi connectivity index (χ0) is 20.3. The maximum absolute atomic E-state index is 12.8. The molecule has 7 nitrogen and oxygen atoms in total. The van der Waals surface area contributed by atoms with Crippen molar-refractivity contribution in [3.63, 3.8) is 0 Å². The minimum atomic E-state index is -3.73. The Morgan fingerprint density at radius 1 is 1.14 bits per heavy atom. The second-order valence-corrected chi connectivity index (χ2v) is 8.96. The van der Waals surface area contributed by atoms with Gasteiger partial charge in [0, 0.05) is 11.0 Å². The number of fused-ring (bicyclic) bond motifs is 1. The Bertz CT molecular complexity index is 978. The van der Waals surface area contributed by atoms with Crippen molar-refractivity contribution in [1.82, 2.24) is 0 Å². The molecule has 0 radical (unpaired) electrons. The maximum Gasteiger partial charge on any atom is 0.248 e. The molecule has 1 N–H and O–H groups in total. The van der Waals surface area contributed by atoms with Crippen LogP contribution < -0.4 is 19.1 Å². The molecule has 9 heteroatoms. The van der Waals surface area contributed by atoms with E-state index in [1.54, 1.807) is 31.2 Å². The van der Waals surface area contributed by atoms with E-state index in [2.05, 4.69) is 5.32 Å². The molecule has 1 amide bonds. The maximum atomic E-state index is 12.8. The van der Waals surface area contributed by atoms with Gasteiger partial charge in [-0.25, -0.2) is 8.42 Å². The molecule has 0 spiro atoms. The van der Waals surface area contributed by atoms with Crippen LogP contribution >= 0.6 is 11.8 Å². The highest BCUT2D eigenvalue weighted by atomic mass is 32.2. The monoisotopic (exact) mass is 422 g/mol. The summed E-state index contributed by atoms with van der Waals surface area (Å²) in [6.45, 7) is 2.38. The number of sulfonamides is 1. The molecule has 1 aliphatic heterocycles. The van der Waals surface area contributed by atoms with Gasteiger partial charge in [-0.05, 0) is 37.4 Å². The van der Waals surface area contributed by atoms with Crippen molar-refractivity contribution in [3.05, 3.63) is 42.5 Å². The van der Waals surface area contributed by atoms with E-state index in [0.717, 1.165) is 15.5 Å². The van der Waals surface area contributed by atoms with Crippen LogP contribution in [-0.2, 0) is 14.8 Å². The van der Waals surface area contributed by atoms with Gasteiger partial charge in [-0.2, -0.15) is 0 Å². The fourth-order valence-electron chi connectivity index (χ4n) is 2.96. The molecular formula is C19H22N2O5S2. The van der Waals surface area contributed by atoms with Crippen molar-refractivity contribution < 1.29 is 22.7 Å². The minimum absolute atomic E-state index is 0.340. The van der Waals surface area contributed by atoms with E-state index in [9.17, 15) is 13.2 Å². The van der Waals surface area contributed by atoms with E-state index in [4.69, 9.17) is 9.47 Å². The average Bonchev–Trinajstić information content (AvgIpc) is 2.67. The van der Waals surface area contributed by atoms with E-state index in [-0.39, 0.29) is 0 Å². The highest BCUT2D eigenvalue weighted by Crippen LogP contribution is 2.35. The van der Waals surface area contributed by atoms with Crippen molar-refractivity contribution in [1.29, 1.82) is 0 Å². The summed E-state index contributed by atoms with van der Waals surface area (Å²) in [5, 5.41) is 2.82. The van der Waals surface area contributed by atoms with Crippen molar-refractivity contribution in [2.75, 3.05) is 35.3 Å². The predicted molar refractivity (Wildman–Crippen MR) is 111 cm³/mol. The zero-order valence-corrected chi connectivity index (χ0v) is 17.5. The zero-order valence-electron chi connectivity index (χ0n) is 15.8. The Balaban J connectivity index is 1.90. The first-order valence-corrected chi connectivity index (χ1v) is 11.7. The lowest BCUT2D eigenvalue weighted by atomic mass is 10.2. The number of thioether (sulfide) groups is 1. The first-order chi connectivity index (χ1) is 13.3. The average molecular weight is 423 g/mol. The number of nitrogens with one attached hydrogen (secondary N) is 1. The Hall–Kier alpha value is -2.39. The van der Waals surface area contributed by atoms with Crippen molar-refractivity contribution in [2.45, 2.75) is 17.9 Å². The fourth-order valence-corrected chi connectivity index (χ4v) is 4.68. The number of para-hydroxylation sites is 1. The number of nitrogens with zero attached hydrogens (tertiary/aromatic N) is 1. The summed E-state index contributed by atoms with van der Waals surface area (Å²) in [5.41, 5.74) is 0.982. The van der Waals surface area contributed by atoms with Gasteiger partial charge in [0.15, 0.2) is 11.5 Å². The Kier molecular flexibility index (Phi) is 6.04. The van der Waals surface area contributed by atoms with Crippen LogP contribution in [-0.4, -0.2) is 46.1 Å². The van der Waals surface area contributed by atoms with E-state index >= 15 is 0 Å².